The number of benzene rings is 3. The van der Waals surface area contributed by atoms with E-state index in [1.165, 1.54) is 27.6 Å². The van der Waals surface area contributed by atoms with Crippen molar-refractivity contribution in [2.24, 2.45) is 0 Å². The molecule has 0 aliphatic heterocycles. The molecule has 162 valence electrons. The third-order valence-corrected chi connectivity index (χ3v) is 6.80. The highest BCUT2D eigenvalue weighted by atomic mass is 16.1. The molecule has 1 aromatic heterocycles. The molecule has 0 fully saturated rings. The van der Waals surface area contributed by atoms with E-state index >= 15 is 0 Å². The fourth-order valence-corrected chi connectivity index (χ4v) is 5.37. The first-order valence-corrected chi connectivity index (χ1v) is 11.5. The molecule has 1 heterocycles. The van der Waals surface area contributed by atoms with E-state index in [0.717, 1.165) is 42.7 Å². The molecule has 3 nitrogen and oxygen atoms in total. The topological polar surface area (TPSA) is 25.2 Å². The Morgan fingerprint density at radius 2 is 1.44 bits per heavy atom. The Balaban J connectivity index is 1.86. The van der Waals surface area contributed by atoms with Crippen molar-refractivity contribution in [1.82, 2.24) is 9.47 Å². The molecule has 0 radical (unpaired) electrons. The SMILES string of the molecule is CC(=O)c1c(C2c3ccccc3CCc3ccccc32)c2ccccc2n1CCN(C)C. The molecule has 0 spiro atoms. The van der Waals surface area contributed by atoms with Gasteiger partial charge in [0.1, 0.15) is 0 Å². The van der Waals surface area contributed by atoms with Gasteiger partial charge in [-0.05, 0) is 55.3 Å². The van der Waals surface area contributed by atoms with Crippen molar-refractivity contribution in [3.8, 4) is 0 Å². The first kappa shape index (κ1) is 20.7. The molecular weight excluding hydrogens is 392 g/mol. The zero-order valence-corrected chi connectivity index (χ0v) is 19.1. The zero-order valence-electron chi connectivity index (χ0n) is 19.1. The predicted octanol–water partition coefficient (Wildman–Crippen LogP) is 5.68. The van der Waals surface area contributed by atoms with Crippen LogP contribution in [-0.4, -0.2) is 35.9 Å². The van der Waals surface area contributed by atoms with Crippen LogP contribution in [0.2, 0.25) is 0 Å². The summed E-state index contributed by atoms with van der Waals surface area (Å²) in [4.78, 5) is 15.4. The fourth-order valence-electron chi connectivity index (χ4n) is 5.37. The number of hydrogen-bond acceptors (Lipinski definition) is 2. The highest BCUT2D eigenvalue weighted by molar-refractivity contribution is 6.03. The maximum Gasteiger partial charge on any atom is 0.176 e. The number of aromatic nitrogens is 1. The average Bonchev–Trinajstić information content (AvgIpc) is 3.02. The van der Waals surface area contributed by atoms with E-state index in [9.17, 15) is 4.79 Å². The molecule has 32 heavy (non-hydrogen) atoms. The number of hydrogen-bond donors (Lipinski definition) is 0. The number of aryl methyl sites for hydroxylation is 2. The first-order chi connectivity index (χ1) is 15.6. The molecule has 0 bridgehead atoms. The van der Waals surface area contributed by atoms with Crippen LogP contribution in [0.4, 0.5) is 0 Å². The number of para-hydroxylation sites is 1. The van der Waals surface area contributed by atoms with Crippen molar-refractivity contribution in [3.05, 3.63) is 106 Å². The smallest absolute Gasteiger partial charge is 0.176 e. The molecule has 4 aromatic rings. The van der Waals surface area contributed by atoms with Crippen LogP contribution in [0.3, 0.4) is 0 Å². The fraction of sp³-hybridized carbons (Fsp3) is 0.276. The normalized spacial score (nSPS) is 13.8. The van der Waals surface area contributed by atoms with Gasteiger partial charge in [0, 0.05) is 42.4 Å². The predicted molar refractivity (Wildman–Crippen MR) is 132 cm³/mol. The minimum absolute atomic E-state index is 0.0503. The highest BCUT2D eigenvalue weighted by Crippen LogP contribution is 2.44. The third kappa shape index (κ3) is 3.47. The minimum atomic E-state index is 0.0503. The Labute approximate surface area is 190 Å². The standard InChI is InChI=1S/C29H30N2O/c1-20(32)29-28(25-14-8-9-15-26(25)31(29)19-18-30(2)3)27-23-12-6-4-10-21(23)16-17-22-11-5-7-13-24(22)27/h4-15,27H,16-19H2,1-3H3. The summed E-state index contributed by atoms with van der Waals surface area (Å²) in [7, 11) is 4.16. The van der Waals surface area contributed by atoms with Crippen LogP contribution in [0.5, 0.6) is 0 Å². The van der Waals surface area contributed by atoms with E-state index in [2.05, 4.69) is 96.4 Å². The summed E-state index contributed by atoms with van der Waals surface area (Å²) in [5, 5.41) is 1.19. The molecule has 0 unspecified atom stereocenters. The lowest BCUT2D eigenvalue weighted by Crippen LogP contribution is -2.21. The lowest BCUT2D eigenvalue weighted by Gasteiger charge is -2.22. The molecule has 1 aliphatic carbocycles. The molecule has 0 amide bonds. The van der Waals surface area contributed by atoms with Gasteiger partial charge < -0.3 is 9.47 Å². The summed E-state index contributed by atoms with van der Waals surface area (Å²) >= 11 is 0. The molecule has 0 saturated heterocycles. The van der Waals surface area contributed by atoms with E-state index in [1.807, 2.05) is 0 Å². The van der Waals surface area contributed by atoms with Crippen LogP contribution < -0.4 is 0 Å². The Kier molecular flexibility index (Phi) is 5.44. The van der Waals surface area contributed by atoms with Gasteiger partial charge in [0.15, 0.2) is 5.78 Å². The van der Waals surface area contributed by atoms with Crippen molar-refractivity contribution in [1.29, 1.82) is 0 Å². The molecule has 5 rings (SSSR count). The van der Waals surface area contributed by atoms with Crippen molar-refractivity contribution < 1.29 is 4.79 Å². The van der Waals surface area contributed by atoms with Gasteiger partial charge in [0.05, 0.1) is 5.69 Å². The van der Waals surface area contributed by atoms with Crippen molar-refractivity contribution >= 4 is 16.7 Å². The van der Waals surface area contributed by atoms with E-state index < -0.39 is 0 Å². The molecule has 0 N–H and O–H groups in total. The second kappa shape index (κ2) is 8.40. The van der Waals surface area contributed by atoms with Gasteiger partial charge in [-0.2, -0.15) is 0 Å². The van der Waals surface area contributed by atoms with Gasteiger partial charge >= 0.3 is 0 Å². The van der Waals surface area contributed by atoms with Gasteiger partial charge in [-0.1, -0.05) is 66.7 Å². The second-order valence-electron chi connectivity index (χ2n) is 9.12. The number of rotatable bonds is 5. The van der Waals surface area contributed by atoms with E-state index in [-0.39, 0.29) is 11.7 Å². The molecular formula is C29H30N2O. The molecule has 3 heteroatoms. The number of likely N-dealkylation sites (N-methyl/N-ethyl adjacent to an activating group) is 1. The van der Waals surface area contributed by atoms with Gasteiger partial charge in [-0.15, -0.1) is 0 Å². The third-order valence-electron chi connectivity index (χ3n) is 6.80. The number of carbonyl (C=O) groups is 1. The lowest BCUT2D eigenvalue weighted by atomic mass is 9.81. The molecule has 1 aliphatic rings. The summed E-state index contributed by atoms with van der Waals surface area (Å²) in [5.41, 5.74) is 8.58. The number of ketones is 1. The van der Waals surface area contributed by atoms with Crippen LogP contribution in [-0.2, 0) is 19.4 Å². The summed E-state index contributed by atoms with van der Waals surface area (Å²) in [6, 6.07) is 26.1. The Morgan fingerprint density at radius 1 is 0.875 bits per heavy atom. The minimum Gasteiger partial charge on any atom is -0.337 e. The van der Waals surface area contributed by atoms with Crippen molar-refractivity contribution in [3.63, 3.8) is 0 Å². The summed E-state index contributed by atoms with van der Waals surface area (Å²) in [6.07, 6.45) is 2.05. The maximum absolute atomic E-state index is 13.2. The van der Waals surface area contributed by atoms with E-state index in [4.69, 9.17) is 0 Å². The molecule has 0 saturated carbocycles. The Hall–Kier alpha value is -3.17. The zero-order chi connectivity index (χ0) is 22.2. The van der Waals surface area contributed by atoms with Gasteiger partial charge in [0.25, 0.3) is 0 Å². The Morgan fingerprint density at radius 3 is 2.03 bits per heavy atom. The summed E-state index contributed by atoms with van der Waals surface area (Å²) in [6.45, 7) is 3.40. The molecule has 0 atom stereocenters. The van der Waals surface area contributed by atoms with Crippen LogP contribution in [0.25, 0.3) is 10.9 Å². The quantitative estimate of drug-likeness (QED) is 0.386. The lowest BCUT2D eigenvalue weighted by molar-refractivity contribution is 0.100. The maximum atomic E-state index is 13.2. The number of fused-ring (bicyclic) bond motifs is 3. The largest absolute Gasteiger partial charge is 0.337 e. The van der Waals surface area contributed by atoms with Crippen LogP contribution in [0.15, 0.2) is 72.8 Å². The monoisotopic (exact) mass is 422 g/mol. The van der Waals surface area contributed by atoms with E-state index in [1.54, 1.807) is 6.92 Å². The van der Waals surface area contributed by atoms with Gasteiger partial charge in [-0.3, -0.25) is 4.79 Å². The van der Waals surface area contributed by atoms with Gasteiger partial charge in [0.2, 0.25) is 0 Å². The summed E-state index contributed by atoms with van der Waals surface area (Å²) in [5.74, 6) is 0.184. The van der Waals surface area contributed by atoms with Crippen LogP contribution >= 0.6 is 0 Å². The average molecular weight is 423 g/mol. The van der Waals surface area contributed by atoms with E-state index in [0.29, 0.717) is 0 Å². The van der Waals surface area contributed by atoms with Gasteiger partial charge in [-0.25, -0.2) is 0 Å². The summed E-state index contributed by atoms with van der Waals surface area (Å²) < 4.78 is 2.25. The highest BCUT2D eigenvalue weighted by Gasteiger charge is 2.32. The van der Waals surface area contributed by atoms with Crippen molar-refractivity contribution in [2.75, 3.05) is 20.6 Å². The van der Waals surface area contributed by atoms with Crippen molar-refractivity contribution in [2.45, 2.75) is 32.2 Å². The first-order valence-electron chi connectivity index (χ1n) is 11.5. The Bertz CT molecular complexity index is 1250. The number of carbonyl (C=O) groups excluding carboxylic acids is 1. The number of nitrogens with zero attached hydrogens (tertiary/aromatic N) is 2. The van der Waals surface area contributed by atoms with Crippen LogP contribution in [0, 0.1) is 0 Å². The van der Waals surface area contributed by atoms with Crippen LogP contribution in [0.1, 0.15) is 51.1 Å². The second-order valence-corrected chi connectivity index (χ2v) is 9.12. The molecule has 3 aromatic carbocycles. The number of Topliss-reactive ketones (excluding diaryl/α,β-unsaturated/α-hetero) is 1.